The highest BCUT2D eigenvalue weighted by molar-refractivity contribution is 5.85. The lowest BCUT2D eigenvalue weighted by Crippen LogP contribution is -2.38. The molecule has 0 aromatic rings. The van der Waals surface area contributed by atoms with E-state index >= 15 is 0 Å². The largest absolute Gasteiger partial charge is 0.368 e. The van der Waals surface area contributed by atoms with Crippen LogP contribution in [0.25, 0.3) is 0 Å². The molecule has 78 valence electrons. The SMILES string of the molecule is Cl.NC(=O)[C@@H](N)CC1CCCCC1. The number of hydrogen-bond donors (Lipinski definition) is 2. The molecule has 1 rings (SSSR count). The minimum atomic E-state index is -0.423. The molecule has 1 saturated carbocycles. The summed E-state index contributed by atoms with van der Waals surface area (Å²) < 4.78 is 0. The summed E-state index contributed by atoms with van der Waals surface area (Å²) in [6.07, 6.45) is 7.14. The maximum atomic E-state index is 10.7. The molecule has 1 aliphatic rings. The minimum absolute atomic E-state index is 0. The van der Waals surface area contributed by atoms with E-state index in [-0.39, 0.29) is 18.3 Å². The van der Waals surface area contributed by atoms with E-state index in [1.807, 2.05) is 0 Å². The molecule has 0 aromatic heterocycles. The summed E-state index contributed by atoms with van der Waals surface area (Å²) in [5.41, 5.74) is 10.7. The maximum Gasteiger partial charge on any atom is 0.234 e. The minimum Gasteiger partial charge on any atom is -0.368 e. The van der Waals surface area contributed by atoms with Crippen LogP contribution in [0.15, 0.2) is 0 Å². The Balaban J connectivity index is 0.00000144. The fraction of sp³-hybridized carbons (Fsp3) is 0.889. The lowest BCUT2D eigenvalue weighted by molar-refractivity contribution is -0.119. The van der Waals surface area contributed by atoms with Gasteiger partial charge in [-0.25, -0.2) is 0 Å². The van der Waals surface area contributed by atoms with Gasteiger partial charge in [0.25, 0.3) is 0 Å². The number of primary amides is 1. The van der Waals surface area contributed by atoms with Crippen molar-refractivity contribution in [1.29, 1.82) is 0 Å². The van der Waals surface area contributed by atoms with Gasteiger partial charge < -0.3 is 11.5 Å². The fourth-order valence-corrected chi connectivity index (χ4v) is 1.90. The molecular weight excluding hydrogens is 188 g/mol. The number of rotatable bonds is 3. The van der Waals surface area contributed by atoms with Crippen molar-refractivity contribution in [3.63, 3.8) is 0 Å². The molecule has 0 aliphatic heterocycles. The zero-order valence-corrected chi connectivity index (χ0v) is 8.69. The average Bonchev–Trinajstić information content (AvgIpc) is 2.06. The van der Waals surface area contributed by atoms with Crippen molar-refractivity contribution in [2.24, 2.45) is 17.4 Å². The molecule has 13 heavy (non-hydrogen) atoms. The second-order valence-electron chi connectivity index (χ2n) is 3.75. The van der Waals surface area contributed by atoms with Gasteiger partial charge in [0.1, 0.15) is 0 Å². The van der Waals surface area contributed by atoms with Gasteiger partial charge in [-0.15, -0.1) is 12.4 Å². The quantitative estimate of drug-likeness (QED) is 0.729. The molecule has 0 saturated heterocycles. The summed E-state index contributed by atoms with van der Waals surface area (Å²) in [4.78, 5) is 10.7. The number of amides is 1. The average molecular weight is 207 g/mol. The van der Waals surface area contributed by atoms with E-state index in [1.165, 1.54) is 32.1 Å². The number of halogens is 1. The van der Waals surface area contributed by atoms with Crippen molar-refractivity contribution < 1.29 is 4.79 Å². The predicted molar refractivity (Wildman–Crippen MR) is 55.6 cm³/mol. The van der Waals surface area contributed by atoms with Crippen LogP contribution in [0.3, 0.4) is 0 Å². The standard InChI is InChI=1S/C9H18N2O.ClH/c10-8(9(11)12)6-7-4-2-1-3-5-7;/h7-8H,1-6,10H2,(H2,11,12);1H/t8-;/m0./s1. The van der Waals surface area contributed by atoms with E-state index in [4.69, 9.17) is 11.5 Å². The van der Waals surface area contributed by atoms with Crippen LogP contribution in [0, 0.1) is 5.92 Å². The van der Waals surface area contributed by atoms with E-state index in [0.717, 1.165) is 6.42 Å². The van der Waals surface area contributed by atoms with Crippen molar-refractivity contribution in [2.45, 2.75) is 44.6 Å². The van der Waals surface area contributed by atoms with Gasteiger partial charge in [0.2, 0.25) is 5.91 Å². The molecule has 3 nitrogen and oxygen atoms in total. The Morgan fingerprint density at radius 3 is 2.31 bits per heavy atom. The molecule has 1 amide bonds. The molecule has 0 radical (unpaired) electrons. The van der Waals surface area contributed by atoms with Gasteiger partial charge in [0.05, 0.1) is 6.04 Å². The molecule has 1 atom stereocenters. The number of hydrogen-bond acceptors (Lipinski definition) is 2. The summed E-state index contributed by atoms with van der Waals surface area (Å²) in [6, 6.07) is -0.423. The molecule has 0 unspecified atom stereocenters. The van der Waals surface area contributed by atoms with Gasteiger partial charge in [-0.1, -0.05) is 32.1 Å². The van der Waals surface area contributed by atoms with Gasteiger partial charge in [-0.2, -0.15) is 0 Å². The first-order valence-electron chi connectivity index (χ1n) is 4.75. The van der Waals surface area contributed by atoms with Gasteiger partial charge >= 0.3 is 0 Å². The molecule has 0 spiro atoms. The molecule has 0 heterocycles. The van der Waals surface area contributed by atoms with Gasteiger partial charge in [0, 0.05) is 0 Å². The number of nitrogens with two attached hydrogens (primary N) is 2. The van der Waals surface area contributed by atoms with Crippen molar-refractivity contribution >= 4 is 18.3 Å². The van der Waals surface area contributed by atoms with Crippen LogP contribution in [0.4, 0.5) is 0 Å². The van der Waals surface area contributed by atoms with Gasteiger partial charge in [-0.3, -0.25) is 4.79 Å². The van der Waals surface area contributed by atoms with Crippen LogP contribution in [-0.4, -0.2) is 11.9 Å². The Kier molecular flexibility index (Phi) is 6.08. The molecule has 4 N–H and O–H groups in total. The van der Waals surface area contributed by atoms with E-state index in [2.05, 4.69) is 0 Å². The van der Waals surface area contributed by atoms with E-state index < -0.39 is 6.04 Å². The molecule has 1 fully saturated rings. The normalized spacial score (nSPS) is 20.4. The monoisotopic (exact) mass is 206 g/mol. The van der Waals surface area contributed by atoms with Crippen LogP contribution in [0.2, 0.25) is 0 Å². The zero-order valence-electron chi connectivity index (χ0n) is 7.87. The topological polar surface area (TPSA) is 69.1 Å². The van der Waals surface area contributed by atoms with Gasteiger partial charge in [0.15, 0.2) is 0 Å². The van der Waals surface area contributed by atoms with Crippen LogP contribution >= 0.6 is 12.4 Å². The third-order valence-electron chi connectivity index (χ3n) is 2.68. The highest BCUT2D eigenvalue weighted by atomic mass is 35.5. The molecule has 4 heteroatoms. The predicted octanol–water partition coefficient (Wildman–Crippen LogP) is 1.19. The molecule has 1 aliphatic carbocycles. The Hall–Kier alpha value is -0.280. The third-order valence-corrected chi connectivity index (χ3v) is 2.68. The summed E-state index contributed by atoms with van der Waals surface area (Å²) in [5.74, 6) is 0.279. The summed E-state index contributed by atoms with van der Waals surface area (Å²) >= 11 is 0. The first-order valence-corrected chi connectivity index (χ1v) is 4.75. The van der Waals surface area contributed by atoms with Crippen LogP contribution in [-0.2, 0) is 4.79 Å². The van der Waals surface area contributed by atoms with Crippen molar-refractivity contribution in [1.82, 2.24) is 0 Å². The Bertz CT molecular complexity index is 158. The molecular formula is C9H19ClN2O. The van der Waals surface area contributed by atoms with Crippen LogP contribution in [0.5, 0.6) is 0 Å². The maximum absolute atomic E-state index is 10.7. The summed E-state index contributed by atoms with van der Waals surface area (Å²) in [7, 11) is 0. The highest BCUT2D eigenvalue weighted by Gasteiger charge is 2.19. The Labute approximate surface area is 85.6 Å². The Morgan fingerprint density at radius 2 is 1.85 bits per heavy atom. The third kappa shape index (κ3) is 4.48. The van der Waals surface area contributed by atoms with E-state index in [1.54, 1.807) is 0 Å². The van der Waals surface area contributed by atoms with Crippen molar-refractivity contribution in [2.75, 3.05) is 0 Å². The zero-order chi connectivity index (χ0) is 8.97. The molecule has 0 bridgehead atoms. The molecule has 0 aromatic carbocycles. The van der Waals surface area contributed by atoms with Crippen LogP contribution in [0.1, 0.15) is 38.5 Å². The Morgan fingerprint density at radius 1 is 1.31 bits per heavy atom. The summed E-state index contributed by atoms with van der Waals surface area (Å²) in [5, 5.41) is 0. The first kappa shape index (κ1) is 12.7. The smallest absolute Gasteiger partial charge is 0.234 e. The summed E-state index contributed by atoms with van der Waals surface area (Å²) in [6.45, 7) is 0. The highest BCUT2D eigenvalue weighted by Crippen LogP contribution is 2.26. The lowest BCUT2D eigenvalue weighted by atomic mass is 9.85. The van der Waals surface area contributed by atoms with Crippen LogP contribution < -0.4 is 11.5 Å². The number of carbonyl (C=O) groups excluding carboxylic acids is 1. The lowest BCUT2D eigenvalue weighted by Gasteiger charge is -2.23. The van der Waals surface area contributed by atoms with E-state index in [9.17, 15) is 4.79 Å². The van der Waals surface area contributed by atoms with Crippen molar-refractivity contribution in [3.05, 3.63) is 0 Å². The number of carbonyl (C=O) groups is 1. The van der Waals surface area contributed by atoms with Crippen molar-refractivity contribution in [3.8, 4) is 0 Å². The fourth-order valence-electron chi connectivity index (χ4n) is 1.90. The second-order valence-corrected chi connectivity index (χ2v) is 3.75. The van der Waals surface area contributed by atoms with E-state index in [0.29, 0.717) is 5.92 Å². The second kappa shape index (κ2) is 6.22. The first-order chi connectivity index (χ1) is 5.70. The van der Waals surface area contributed by atoms with Gasteiger partial charge in [-0.05, 0) is 12.3 Å².